The number of H-pyrrole nitrogens is 1. The maximum Gasteiger partial charge on any atom is 0.244 e. The molecule has 1 aliphatic heterocycles. The van der Waals surface area contributed by atoms with Crippen LogP contribution in [0.1, 0.15) is 17.0 Å². The molecule has 29 heavy (non-hydrogen) atoms. The number of nitrogens with two attached hydrogens (primary N) is 1. The number of allylic oxidation sites excluding steroid dienone is 1. The van der Waals surface area contributed by atoms with Crippen molar-refractivity contribution in [2.75, 3.05) is 6.61 Å². The first-order valence-electron chi connectivity index (χ1n) is 8.64. The Bertz CT molecular complexity index is 1190. The van der Waals surface area contributed by atoms with Crippen molar-refractivity contribution in [2.24, 2.45) is 5.73 Å². The molecule has 1 unspecified atom stereocenters. The third kappa shape index (κ3) is 3.31. The summed E-state index contributed by atoms with van der Waals surface area (Å²) >= 11 is 3.48. The molecule has 142 valence electrons. The molecule has 0 saturated heterocycles. The number of halogens is 1. The van der Waals surface area contributed by atoms with Gasteiger partial charge in [-0.25, -0.2) is 0 Å². The summed E-state index contributed by atoms with van der Waals surface area (Å²) < 4.78 is 12.1. The van der Waals surface area contributed by atoms with Crippen LogP contribution in [0.5, 0.6) is 11.6 Å². The molecular weight excluding hydrogens is 434 g/mol. The Morgan fingerprint density at radius 2 is 2.00 bits per heavy atom. The lowest BCUT2D eigenvalue weighted by atomic mass is 9.82. The predicted octanol–water partition coefficient (Wildman–Crippen LogP) is 3.96. The highest BCUT2D eigenvalue weighted by molar-refractivity contribution is 9.10. The quantitative estimate of drug-likeness (QED) is 0.623. The fourth-order valence-corrected chi connectivity index (χ4v) is 3.75. The Hall–Kier alpha value is -3.75. The van der Waals surface area contributed by atoms with Gasteiger partial charge in [0.1, 0.15) is 23.5 Å². The summed E-state index contributed by atoms with van der Waals surface area (Å²) in [5, 5.41) is 26.1. The molecule has 3 N–H and O–H groups in total. The van der Waals surface area contributed by atoms with Crippen LogP contribution in [0, 0.1) is 22.7 Å². The van der Waals surface area contributed by atoms with Crippen LogP contribution >= 0.6 is 15.9 Å². The molecule has 0 aliphatic carbocycles. The summed E-state index contributed by atoms with van der Waals surface area (Å²) in [6, 6.07) is 19.2. The van der Waals surface area contributed by atoms with Gasteiger partial charge in [0.05, 0.1) is 17.2 Å². The highest BCUT2D eigenvalue weighted by Crippen LogP contribution is 2.48. The van der Waals surface area contributed by atoms with Crippen LogP contribution in [0.4, 0.5) is 0 Å². The number of nitriles is 2. The Kier molecular flexibility index (Phi) is 4.94. The first kappa shape index (κ1) is 18.6. The van der Waals surface area contributed by atoms with Crippen molar-refractivity contribution in [2.45, 2.75) is 5.92 Å². The molecule has 7 nitrogen and oxygen atoms in total. The number of fused-ring (bicyclic) bond motifs is 1. The van der Waals surface area contributed by atoms with Crippen molar-refractivity contribution < 1.29 is 9.47 Å². The molecule has 8 heteroatoms. The molecular formula is C21H14BrN5O2. The zero-order valence-corrected chi connectivity index (χ0v) is 16.6. The first-order chi connectivity index (χ1) is 14.1. The van der Waals surface area contributed by atoms with Crippen LogP contribution in [0.25, 0.3) is 11.3 Å². The first-order valence-corrected chi connectivity index (χ1v) is 9.43. The SMILES string of the molecule is N#CCOc1ccc(Br)cc1C1C(C#N)=C(N)Oc2n[nH]c(-c3ccccc3)c21. The standard InChI is InChI=1S/C21H14BrN5O2/c22-13-6-7-16(28-9-8-23)14(10-13)17-15(11-24)20(25)29-21-18(17)19(26-27-21)12-4-2-1-3-5-12/h1-7,10,17H,9,25H2,(H,26,27). The average Bonchev–Trinajstić information content (AvgIpc) is 3.15. The summed E-state index contributed by atoms with van der Waals surface area (Å²) in [7, 11) is 0. The molecule has 0 radical (unpaired) electrons. The topological polar surface area (TPSA) is 121 Å². The van der Waals surface area contributed by atoms with Gasteiger partial charge < -0.3 is 15.2 Å². The van der Waals surface area contributed by atoms with Gasteiger partial charge in [-0.15, -0.1) is 5.10 Å². The van der Waals surface area contributed by atoms with Crippen LogP contribution in [0.3, 0.4) is 0 Å². The number of hydrogen-bond acceptors (Lipinski definition) is 6. The van der Waals surface area contributed by atoms with E-state index < -0.39 is 5.92 Å². The zero-order valence-electron chi connectivity index (χ0n) is 15.0. The van der Waals surface area contributed by atoms with Crippen molar-refractivity contribution in [3.05, 3.63) is 75.6 Å². The van der Waals surface area contributed by atoms with E-state index >= 15 is 0 Å². The van der Waals surface area contributed by atoms with E-state index in [1.165, 1.54) is 0 Å². The lowest BCUT2D eigenvalue weighted by molar-refractivity contribution is 0.358. The van der Waals surface area contributed by atoms with Gasteiger partial charge in [-0.05, 0) is 23.8 Å². The second kappa shape index (κ2) is 7.70. The van der Waals surface area contributed by atoms with Crippen LogP contribution in [0.2, 0.25) is 0 Å². The minimum absolute atomic E-state index is 0.0117. The molecule has 0 spiro atoms. The summed E-state index contributed by atoms with van der Waals surface area (Å²) in [6.07, 6.45) is 0. The summed E-state index contributed by atoms with van der Waals surface area (Å²) in [5.41, 5.74) is 9.26. The Balaban J connectivity index is 1.97. The maximum atomic E-state index is 9.85. The van der Waals surface area contributed by atoms with Gasteiger partial charge in [0.15, 0.2) is 6.61 Å². The molecule has 2 heterocycles. The van der Waals surface area contributed by atoms with Gasteiger partial charge in [0, 0.05) is 10.0 Å². The van der Waals surface area contributed by atoms with Crippen molar-refractivity contribution in [3.8, 4) is 35.0 Å². The van der Waals surface area contributed by atoms with Crippen LogP contribution in [-0.2, 0) is 0 Å². The van der Waals surface area contributed by atoms with Crippen LogP contribution < -0.4 is 15.2 Å². The summed E-state index contributed by atoms with van der Waals surface area (Å²) in [5.74, 6) is 0.191. The molecule has 0 bridgehead atoms. The van der Waals surface area contributed by atoms with Crippen molar-refractivity contribution >= 4 is 15.9 Å². The summed E-state index contributed by atoms with van der Waals surface area (Å²) in [6.45, 7) is -0.122. The Morgan fingerprint density at radius 1 is 1.21 bits per heavy atom. The third-order valence-electron chi connectivity index (χ3n) is 4.58. The molecule has 1 aromatic heterocycles. The number of aromatic amines is 1. The Morgan fingerprint density at radius 3 is 2.72 bits per heavy atom. The van der Waals surface area contributed by atoms with Crippen LogP contribution in [-0.4, -0.2) is 16.8 Å². The maximum absolute atomic E-state index is 9.85. The van der Waals surface area contributed by atoms with E-state index in [-0.39, 0.29) is 18.1 Å². The third-order valence-corrected chi connectivity index (χ3v) is 5.07. The van der Waals surface area contributed by atoms with E-state index in [0.29, 0.717) is 22.8 Å². The van der Waals surface area contributed by atoms with Gasteiger partial charge in [-0.3, -0.25) is 5.10 Å². The van der Waals surface area contributed by atoms with Crippen LogP contribution in [0.15, 0.2) is 64.5 Å². The van der Waals surface area contributed by atoms with E-state index in [1.807, 2.05) is 48.5 Å². The fourth-order valence-electron chi connectivity index (χ4n) is 3.37. The van der Waals surface area contributed by atoms with E-state index in [9.17, 15) is 5.26 Å². The Labute approximate surface area is 175 Å². The number of ether oxygens (including phenoxy) is 2. The molecule has 0 fully saturated rings. The minimum Gasteiger partial charge on any atom is -0.478 e. The lowest BCUT2D eigenvalue weighted by Gasteiger charge is -2.25. The monoisotopic (exact) mass is 447 g/mol. The van der Waals surface area contributed by atoms with E-state index in [4.69, 9.17) is 20.5 Å². The molecule has 1 atom stereocenters. The molecule has 0 saturated carbocycles. The number of nitrogens with zero attached hydrogens (tertiary/aromatic N) is 3. The molecule has 2 aromatic carbocycles. The van der Waals surface area contributed by atoms with Gasteiger partial charge in [-0.2, -0.15) is 10.5 Å². The van der Waals surface area contributed by atoms with Gasteiger partial charge in [0.2, 0.25) is 11.8 Å². The van der Waals surface area contributed by atoms with Gasteiger partial charge >= 0.3 is 0 Å². The van der Waals surface area contributed by atoms with E-state index in [0.717, 1.165) is 15.7 Å². The predicted molar refractivity (Wildman–Crippen MR) is 109 cm³/mol. The zero-order chi connectivity index (χ0) is 20.4. The number of hydrogen-bond donors (Lipinski definition) is 2. The van der Waals surface area contributed by atoms with Crippen molar-refractivity contribution in [1.82, 2.24) is 10.2 Å². The molecule has 4 rings (SSSR count). The highest BCUT2D eigenvalue weighted by Gasteiger charge is 2.37. The van der Waals surface area contributed by atoms with Gasteiger partial charge in [0.25, 0.3) is 0 Å². The molecule has 1 aliphatic rings. The number of nitrogens with one attached hydrogen (secondary N) is 1. The average molecular weight is 448 g/mol. The normalized spacial score (nSPS) is 15.1. The van der Waals surface area contributed by atoms with E-state index in [1.54, 1.807) is 6.07 Å². The summed E-state index contributed by atoms with van der Waals surface area (Å²) in [4.78, 5) is 0. The van der Waals surface area contributed by atoms with Crippen molar-refractivity contribution in [3.63, 3.8) is 0 Å². The number of aromatic nitrogens is 2. The lowest BCUT2D eigenvalue weighted by Crippen LogP contribution is -2.21. The van der Waals surface area contributed by atoms with E-state index in [2.05, 4.69) is 32.2 Å². The molecule has 3 aromatic rings. The van der Waals surface area contributed by atoms with Crippen molar-refractivity contribution in [1.29, 1.82) is 10.5 Å². The second-order valence-electron chi connectivity index (χ2n) is 6.24. The second-order valence-corrected chi connectivity index (χ2v) is 7.15. The minimum atomic E-state index is -0.580. The largest absolute Gasteiger partial charge is 0.478 e. The molecule has 0 amide bonds. The smallest absolute Gasteiger partial charge is 0.244 e. The number of rotatable bonds is 4. The number of benzene rings is 2. The highest BCUT2D eigenvalue weighted by atomic mass is 79.9. The fraction of sp³-hybridized carbons (Fsp3) is 0.0952. The van der Waals surface area contributed by atoms with Gasteiger partial charge in [-0.1, -0.05) is 46.3 Å².